The van der Waals surface area contributed by atoms with Crippen LogP contribution in [-0.2, 0) is 17.7 Å². The molecular weight excluding hydrogens is 362 g/mol. The highest BCUT2D eigenvalue weighted by molar-refractivity contribution is 5.26. The SMILES string of the molecule is COc1ccc(C[NH2+]C[C@@H](CO)[C@]2(Cc3ccccc3)CCOC(C)(C)C2)cc1. The Kier molecular flexibility index (Phi) is 7.33. The quantitative estimate of drug-likeness (QED) is 0.682. The van der Waals surface area contributed by atoms with Crippen LogP contribution >= 0.6 is 0 Å². The fourth-order valence-corrected chi connectivity index (χ4v) is 4.89. The number of rotatable bonds is 9. The summed E-state index contributed by atoms with van der Waals surface area (Å²) in [5.74, 6) is 1.11. The summed E-state index contributed by atoms with van der Waals surface area (Å²) in [6.07, 6.45) is 2.95. The van der Waals surface area contributed by atoms with E-state index in [4.69, 9.17) is 9.47 Å². The van der Waals surface area contributed by atoms with Crippen LogP contribution in [0.2, 0.25) is 0 Å². The van der Waals surface area contributed by atoms with Crippen molar-refractivity contribution in [2.45, 2.75) is 45.3 Å². The van der Waals surface area contributed by atoms with Gasteiger partial charge in [-0.1, -0.05) is 30.3 Å². The molecule has 1 aliphatic rings. The molecule has 0 bridgehead atoms. The zero-order valence-corrected chi connectivity index (χ0v) is 18.1. The van der Waals surface area contributed by atoms with Crippen molar-refractivity contribution in [2.24, 2.45) is 11.3 Å². The zero-order chi connectivity index (χ0) is 20.7. The summed E-state index contributed by atoms with van der Waals surface area (Å²) < 4.78 is 11.3. The highest BCUT2D eigenvalue weighted by Gasteiger charge is 2.46. The van der Waals surface area contributed by atoms with Gasteiger partial charge in [-0.15, -0.1) is 0 Å². The maximum absolute atomic E-state index is 10.4. The number of hydrogen-bond donors (Lipinski definition) is 2. The van der Waals surface area contributed by atoms with Crippen LogP contribution < -0.4 is 10.1 Å². The lowest BCUT2D eigenvalue weighted by atomic mass is 9.63. The summed E-state index contributed by atoms with van der Waals surface area (Å²) in [5, 5.41) is 12.7. The van der Waals surface area contributed by atoms with Crippen molar-refractivity contribution >= 4 is 0 Å². The van der Waals surface area contributed by atoms with Crippen LogP contribution in [0.1, 0.15) is 37.8 Å². The molecule has 1 fully saturated rings. The molecule has 0 amide bonds. The van der Waals surface area contributed by atoms with E-state index < -0.39 is 0 Å². The zero-order valence-electron chi connectivity index (χ0n) is 18.1. The molecule has 0 saturated carbocycles. The predicted molar refractivity (Wildman–Crippen MR) is 116 cm³/mol. The van der Waals surface area contributed by atoms with Crippen LogP contribution in [0, 0.1) is 11.3 Å². The van der Waals surface area contributed by atoms with E-state index in [1.807, 2.05) is 12.1 Å². The van der Waals surface area contributed by atoms with Crippen molar-refractivity contribution in [3.63, 3.8) is 0 Å². The Hall–Kier alpha value is -1.88. The van der Waals surface area contributed by atoms with E-state index in [0.29, 0.717) is 0 Å². The Morgan fingerprint density at radius 3 is 2.41 bits per heavy atom. The molecule has 0 spiro atoms. The monoisotopic (exact) mass is 398 g/mol. The minimum Gasteiger partial charge on any atom is -0.497 e. The number of aliphatic hydroxyl groups is 1. The average Bonchev–Trinajstić information content (AvgIpc) is 2.71. The van der Waals surface area contributed by atoms with Gasteiger partial charge in [0, 0.05) is 18.1 Å². The lowest BCUT2D eigenvalue weighted by Crippen LogP contribution is -2.85. The lowest BCUT2D eigenvalue weighted by Gasteiger charge is -2.48. The fraction of sp³-hybridized carbons (Fsp3) is 0.520. The number of methoxy groups -OCH3 is 1. The van der Waals surface area contributed by atoms with Gasteiger partial charge in [0.2, 0.25) is 0 Å². The van der Waals surface area contributed by atoms with Crippen LogP contribution in [0.3, 0.4) is 0 Å². The van der Waals surface area contributed by atoms with Crippen molar-refractivity contribution in [1.82, 2.24) is 0 Å². The molecule has 1 saturated heterocycles. The number of nitrogens with two attached hydrogens (primary N) is 1. The molecule has 29 heavy (non-hydrogen) atoms. The van der Waals surface area contributed by atoms with E-state index in [-0.39, 0.29) is 23.5 Å². The standard InChI is InChI=1S/C25H35NO3/c1-24(2)19-25(13-14-29-24,15-20-7-5-4-6-8-20)22(18-27)17-26-16-21-9-11-23(28-3)12-10-21/h4-12,22,26-27H,13-19H2,1-3H3/p+1/t22-,25-/m0/s1. The smallest absolute Gasteiger partial charge is 0.118 e. The summed E-state index contributed by atoms with van der Waals surface area (Å²) >= 11 is 0. The molecule has 2 aromatic carbocycles. The minimum absolute atomic E-state index is 0.0499. The largest absolute Gasteiger partial charge is 0.497 e. The van der Waals surface area contributed by atoms with Gasteiger partial charge in [-0.2, -0.15) is 0 Å². The first kappa shape index (κ1) is 21.8. The highest BCUT2D eigenvalue weighted by Crippen LogP contribution is 2.46. The number of hydrogen-bond acceptors (Lipinski definition) is 3. The molecule has 3 N–H and O–H groups in total. The second kappa shape index (κ2) is 9.75. The second-order valence-corrected chi connectivity index (χ2v) is 9.02. The Morgan fingerprint density at radius 1 is 1.07 bits per heavy atom. The summed E-state index contributed by atoms with van der Waals surface area (Å²) in [6.45, 7) is 7.15. The maximum Gasteiger partial charge on any atom is 0.118 e. The molecule has 4 heteroatoms. The van der Waals surface area contributed by atoms with Gasteiger partial charge in [0.1, 0.15) is 12.3 Å². The Labute approximate surface area is 175 Å². The highest BCUT2D eigenvalue weighted by atomic mass is 16.5. The van der Waals surface area contributed by atoms with Gasteiger partial charge in [0.05, 0.1) is 25.9 Å². The van der Waals surface area contributed by atoms with Crippen LogP contribution in [0.25, 0.3) is 0 Å². The predicted octanol–water partition coefficient (Wildman–Crippen LogP) is 3.19. The first-order chi connectivity index (χ1) is 14.0. The molecule has 2 atom stereocenters. The van der Waals surface area contributed by atoms with Crippen molar-refractivity contribution in [1.29, 1.82) is 0 Å². The van der Waals surface area contributed by atoms with Crippen LogP contribution in [-0.4, -0.2) is 37.6 Å². The van der Waals surface area contributed by atoms with E-state index >= 15 is 0 Å². The van der Waals surface area contributed by atoms with E-state index in [1.165, 1.54) is 11.1 Å². The topological polar surface area (TPSA) is 55.3 Å². The molecule has 0 radical (unpaired) electrons. The number of benzene rings is 2. The van der Waals surface area contributed by atoms with Crippen LogP contribution in [0.4, 0.5) is 0 Å². The van der Waals surface area contributed by atoms with E-state index in [0.717, 1.165) is 44.7 Å². The average molecular weight is 399 g/mol. The molecule has 0 aliphatic carbocycles. The van der Waals surface area contributed by atoms with Gasteiger partial charge in [0.25, 0.3) is 0 Å². The van der Waals surface area contributed by atoms with E-state index in [2.05, 4.69) is 61.6 Å². The van der Waals surface area contributed by atoms with Gasteiger partial charge in [0.15, 0.2) is 0 Å². The summed E-state index contributed by atoms with van der Waals surface area (Å²) in [5.41, 5.74) is 2.51. The van der Waals surface area contributed by atoms with Crippen molar-refractivity contribution in [3.05, 3.63) is 65.7 Å². The Morgan fingerprint density at radius 2 is 1.79 bits per heavy atom. The lowest BCUT2D eigenvalue weighted by molar-refractivity contribution is -0.678. The van der Waals surface area contributed by atoms with E-state index in [1.54, 1.807) is 7.11 Å². The number of aliphatic hydroxyl groups excluding tert-OH is 1. The molecule has 1 heterocycles. The molecule has 0 aromatic heterocycles. The number of ether oxygens (including phenoxy) is 2. The van der Waals surface area contributed by atoms with E-state index in [9.17, 15) is 5.11 Å². The molecular formula is C25H36NO3+. The molecule has 4 nitrogen and oxygen atoms in total. The number of quaternary nitrogens is 1. The summed E-state index contributed by atoms with van der Waals surface area (Å²) in [6, 6.07) is 18.9. The summed E-state index contributed by atoms with van der Waals surface area (Å²) in [7, 11) is 1.69. The Bertz CT molecular complexity index is 744. The van der Waals surface area contributed by atoms with Gasteiger partial charge in [-0.05, 0) is 68.4 Å². The molecule has 158 valence electrons. The van der Waals surface area contributed by atoms with Gasteiger partial charge >= 0.3 is 0 Å². The maximum atomic E-state index is 10.4. The molecule has 1 aliphatic heterocycles. The molecule has 0 unspecified atom stereocenters. The van der Waals surface area contributed by atoms with Crippen LogP contribution in [0.5, 0.6) is 5.75 Å². The molecule has 2 aromatic rings. The Balaban J connectivity index is 1.71. The third-order valence-corrected chi connectivity index (χ3v) is 6.35. The third kappa shape index (κ3) is 5.81. The van der Waals surface area contributed by atoms with Crippen molar-refractivity contribution in [3.8, 4) is 5.75 Å². The van der Waals surface area contributed by atoms with Crippen molar-refractivity contribution in [2.75, 3.05) is 26.9 Å². The first-order valence-corrected chi connectivity index (χ1v) is 10.7. The van der Waals surface area contributed by atoms with Crippen molar-refractivity contribution < 1.29 is 19.9 Å². The molecule has 3 rings (SSSR count). The van der Waals surface area contributed by atoms with Crippen LogP contribution in [0.15, 0.2) is 54.6 Å². The second-order valence-electron chi connectivity index (χ2n) is 9.02. The fourth-order valence-electron chi connectivity index (χ4n) is 4.89. The minimum atomic E-state index is -0.156. The van der Waals surface area contributed by atoms with Gasteiger partial charge in [-0.25, -0.2) is 0 Å². The van der Waals surface area contributed by atoms with Gasteiger partial charge in [-0.3, -0.25) is 0 Å². The third-order valence-electron chi connectivity index (χ3n) is 6.35. The summed E-state index contributed by atoms with van der Waals surface area (Å²) in [4.78, 5) is 0. The van der Waals surface area contributed by atoms with Gasteiger partial charge < -0.3 is 19.9 Å². The normalized spacial score (nSPS) is 22.2. The first-order valence-electron chi connectivity index (χ1n) is 10.7.